The van der Waals surface area contributed by atoms with Crippen LogP contribution in [0.3, 0.4) is 0 Å². The lowest BCUT2D eigenvalue weighted by atomic mass is 10.0. The Balaban J connectivity index is 2.22. The van der Waals surface area contributed by atoms with Crippen molar-refractivity contribution in [2.45, 2.75) is 20.3 Å². The molecule has 0 amide bonds. The predicted octanol–water partition coefficient (Wildman–Crippen LogP) is 4.57. The Kier molecular flexibility index (Phi) is 6.23. The van der Waals surface area contributed by atoms with E-state index in [0.29, 0.717) is 12.0 Å². The van der Waals surface area contributed by atoms with Crippen molar-refractivity contribution in [1.82, 2.24) is 0 Å². The maximum atomic E-state index is 12.5. The molecular formula is C22H25NO3. The molecule has 2 aromatic rings. The summed E-state index contributed by atoms with van der Waals surface area (Å²) >= 11 is 0. The number of benzene rings is 2. The van der Waals surface area contributed by atoms with Crippen LogP contribution in [-0.2, 0) is 6.42 Å². The van der Waals surface area contributed by atoms with Crippen LogP contribution in [0, 0.1) is 0 Å². The van der Waals surface area contributed by atoms with Gasteiger partial charge in [-0.1, -0.05) is 29.9 Å². The molecule has 0 fully saturated rings. The minimum atomic E-state index is -0.308. The summed E-state index contributed by atoms with van der Waals surface area (Å²) in [7, 11) is 3.93. The molecule has 26 heavy (non-hydrogen) atoms. The molecule has 2 aromatic carbocycles. The van der Waals surface area contributed by atoms with E-state index in [1.54, 1.807) is 12.1 Å². The van der Waals surface area contributed by atoms with Crippen LogP contribution >= 0.6 is 0 Å². The largest absolute Gasteiger partial charge is 0.508 e. The predicted molar refractivity (Wildman–Crippen MR) is 107 cm³/mol. The molecular weight excluding hydrogens is 326 g/mol. The molecule has 0 spiro atoms. The zero-order chi connectivity index (χ0) is 19.3. The van der Waals surface area contributed by atoms with E-state index in [0.717, 1.165) is 16.8 Å². The highest BCUT2D eigenvalue weighted by molar-refractivity contribution is 6.08. The fourth-order valence-corrected chi connectivity index (χ4v) is 2.44. The molecule has 2 N–H and O–H groups in total. The number of anilines is 1. The summed E-state index contributed by atoms with van der Waals surface area (Å²) in [5, 5.41) is 20.0. The SMILES string of the molecule is CC(C)=CCc1cc(C(=O)/C=C/c2ccc(N(C)C)cc2)c(O)cc1O. The van der Waals surface area contributed by atoms with Crippen molar-refractivity contribution in [2.24, 2.45) is 0 Å². The lowest BCUT2D eigenvalue weighted by molar-refractivity contribution is 0.104. The van der Waals surface area contributed by atoms with Gasteiger partial charge in [-0.05, 0) is 55.7 Å². The number of rotatable bonds is 6. The summed E-state index contributed by atoms with van der Waals surface area (Å²) < 4.78 is 0. The van der Waals surface area contributed by atoms with Crippen molar-refractivity contribution in [1.29, 1.82) is 0 Å². The van der Waals surface area contributed by atoms with Crippen molar-refractivity contribution in [3.63, 3.8) is 0 Å². The van der Waals surface area contributed by atoms with Crippen molar-refractivity contribution in [3.05, 3.63) is 70.8 Å². The molecule has 0 bridgehead atoms. The Morgan fingerprint density at radius 2 is 1.69 bits per heavy atom. The van der Waals surface area contributed by atoms with Gasteiger partial charge in [0.05, 0.1) is 5.56 Å². The molecule has 0 saturated carbocycles. The number of aromatic hydroxyl groups is 2. The van der Waals surface area contributed by atoms with Crippen LogP contribution in [0.4, 0.5) is 5.69 Å². The summed E-state index contributed by atoms with van der Waals surface area (Å²) in [5.74, 6) is -0.543. The number of allylic oxidation sites excluding steroid dienone is 3. The Morgan fingerprint density at radius 3 is 2.27 bits per heavy atom. The summed E-state index contributed by atoms with van der Waals surface area (Å²) in [4.78, 5) is 14.5. The van der Waals surface area contributed by atoms with Crippen LogP contribution < -0.4 is 4.90 Å². The first-order valence-corrected chi connectivity index (χ1v) is 8.46. The van der Waals surface area contributed by atoms with Gasteiger partial charge in [-0.15, -0.1) is 0 Å². The van der Waals surface area contributed by atoms with E-state index in [4.69, 9.17) is 0 Å². The number of phenols is 2. The van der Waals surface area contributed by atoms with Gasteiger partial charge in [-0.3, -0.25) is 4.79 Å². The number of nitrogens with zero attached hydrogens (tertiary/aromatic N) is 1. The van der Waals surface area contributed by atoms with Gasteiger partial charge in [-0.25, -0.2) is 0 Å². The molecule has 4 heteroatoms. The average molecular weight is 351 g/mol. The second-order valence-electron chi connectivity index (χ2n) is 6.67. The lowest BCUT2D eigenvalue weighted by Gasteiger charge is -2.11. The monoisotopic (exact) mass is 351 g/mol. The summed E-state index contributed by atoms with van der Waals surface area (Å²) in [6.07, 6.45) is 5.61. The molecule has 0 aromatic heterocycles. The zero-order valence-electron chi connectivity index (χ0n) is 15.7. The van der Waals surface area contributed by atoms with Crippen LogP contribution in [0.2, 0.25) is 0 Å². The first-order valence-electron chi connectivity index (χ1n) is 8.46. The molecule has 0 aliphatic heterocycles. The van der Waals surface area contributed by atoms with Gasteiger partial charge in [0.15, 0.2) is 5.78 Å². The fraction of sp³-hybridized carbons (Fsp3) is 0.227. The smallest absolute Gasteiger partial charge is 0.189 e. The topological polar surface area (TPSA) is 60.8 Å². The number of carbonyl (C=O) groups excluding carboxylic acids is 1. The third kappa shape index (κ3) is 4.99. The van der Waals surface area contributed by atoms with E-state index in [1.165, 1.54) is 12.1 Å². The Labute approximate surface area is 154 Å². The van der Waals surface area contributed by atoms with Gasteiger partial charge in [-0.2, -0.15) is 0 Å². The Morgan fingerprint density at radius 1 is 1.04 bits per heavy atom. The fourth-order valence-electron chi connectivity index (χ4n) is 2.44. The zero-order valence-corrected chi connectivity index (χ0v) is 15.7. The normalized spacial score (nSPS) is 10.8. The molecule has 0 heterocycles. The van der Waals surface area contributed by atoms with Gasteiger partial charge in [0.25, 0.3) is 0 Å². The van der Waals surface area contributed by atoms with Crippen molar-refractivity contribution >= 4 is 17.5 Å². The molecule has 0 radical (unpaired) electrons. The number of hydrogen-bond donors (Lipinski definition) is 2. The van der Waals surface area contributed by atoms with Gasteiger partial charge in [0.2, 0.25) is 0 Å². The second kappa shape index (κ2) is 8.39. The van der Waals surface area contributed by atoms with E-state index in [2.05, 4.69) is 0 Å². The molecule has 4 nitrogen and oxygen atoms in total. The summed E-state index contributed by atoms with van der Waals surface area (Å²) in [6.45, 7) is 3.93. The first kappa shape index (κ1) is 19.3. The number of phenolic OH excluding ortho intramolecular Hbond substituents is 2. The molecule has 136 valence electrons. The highest BCUT2D eigenvalue weighted by atomic mass is 16.3. The second-order valence-corrected chi connectivity index (χ2v) is 6.67. The van der Waals surface area contributed by atoms with E-state index in [-0.39, 0.29) is 22.8 Å². The first-order chi connectivity index (χ1) is 12.3. The standard InChI is InChI=1S/C22H25NO3/c1-15(2)5-9-17-13-19(22(26)14-21(17)25)20(24)12-8-16-6-10-18(11-7-16)23(3)4/h5-8,10-14,25-26H,9H2,1-4H3/b12-8+. The number of carbonyl (C=O) groups is 1. The van der Waals surface area contributed by atoms with Crippen molar-refractivity contribution < 1.29 is 15.0 Å². The minimum Gasteiger partial charge on any atom is -0.508 e. The van der Waals surface area contributed by atoms with Crippen LogP contribution in [0.1, 0.15) is 35.3 Å². The Bertz CT molecular complexity index is 842. The maximum absolute atomic E-state index is 12.5. The Hall–Kier alpha value is -3.01. The van der Waals surface area contributed by atoms with E-state index in [1.807, 2.05) is 63.2 Å². The average Bonchev–Trinajstić information content (AvgIpc) is 2.59. The number of hydrogen-bond acceptors (Lipinski definition) is 4. The van der Waals surface area contributed by atoms with Crippen molar-refractivity contribution in [2.75, 3.05) is 19.0 Å². The van der Waals surface area contributed by atoms with E-state index >= 15 is 0 Å². The third-order valence-corrected chi connectivity index (χ3v) is 4.03. The summed E-state index contributed by atoms with van der Waals surface area (Å²) in [5.41, 5.74) is 3.88. The highest BCUT2D eigenvalue weighted by Gasteiger charge is 2.13. The molecule has 2 rings (SSSR count). The molecule has 0 saturated heterocycles. The van der Waals surface area contributed by atoms with Crippen LogP contribution in [0.5, 0.6) is 11.5 Å². The lowest BCUT2D eigenvalue weighted by Crippen LogP contribution is -2.07. The van der Waals surface area contributed by atoms with Crippen LogP contribution in [0.15, 0.2) is 54.1 Å². The molecule has 0 unspecified atom stereocenters. The molecule has 0 atom stereocenters. The third-order valence-electron chi connectivity index (χ3n) is 4.03. The number of ketones is 1. The van der Waals surface area contributed by atoms with E-state index in [9.17, 15) is 15.0 Å². The minimum absolute atomic E-state index is 0.0141. The molecule has 0 aliphatic carbocycles. The quantitative estimate of drug-likeness (QED) is 0.455. The van der Waals surface area contributed by atoms with Crippen molar-refractivity contribution in [3.8, 4) is 11.5 Å². The highest BCUT2D eigenvalue weighted by Crippen LogP contribution is 2.29. The van der Waals surface area contributed by atoms with Crippen LogP contribution in [0.25, 0.3) is 6.08 Å². The van der Waals surface area contributed by atoms with E-state index < -0.39 is 0 Å². The maximum Gasteiger partial charge on any atom is 0.189 e. The summed E-state index contributed by atoms with van der Waals surface area (Å²) in [6, 6.07) is 10.6. The van der Waals surface area contributed by atoms with Gasteiger partial charge >= 0.3 is 0 Å². The van der Waals surface area contributed by atoms with Gasteiger partial charge in [0, 0.05) is 25.8 Å². The van der Waals surface area contributed by atoms with Gasteiger partial charge in [0.1, 0.15) is 11.5 Å². The van der Waals surface area contributed by atoms with Crippen LogP contribution in [-0.4, -0.2) is 30.1 Å². The molecule has 0 aliphatic rings. The van der Waals surface area contributed by atoms with Gasteiger partial charge < -0.3 is 15.1 Å².